The third-order valence-electron chi connectivity index (χ3n) is 2.91. The smallest absolute Gasteiger partial charge is 0.317 e. The molecule has 0 aliphatic rings. The number of nitrogens with zero attached hydrogens (tertiary/aromatic N) is 1. The van der Waals surface area contributed by atoms with Crippen LogP contribution < -0.4 is 0 Å². The van der Waals surface area contributed by atoms with Gasteiger partial charge in [-0.25, -0.2) is 0 Å². The molecule has 21 heavy (non-hydrogen) atoms. The topological polar surface area (TPSA) is 38.7 Å². The fraction of sp³-hybridized carbons (Fsp3) is 0.529. The lowest BCUT2D eigenvalue weighted by Gasteiger charge is -2.22. The van der Waals surface area contributed by atoms with Gasteiger partial charge in [-0.1, -0.05) is 44.2 Å². The Morgan fingerprint density at radius 3 is 2.24 bits per heavy atom. The van der Waals surface area contributed by atoms with E-state index in [4.69, 9.17) is 4.43 Å². The van der Waals surface area contributed by atoms with Gasteiger partial charge < -0.3 is 4.43 Å². The lowest BCUT2D eigenvalue weighted by atomic mass is 10.0. The minimum atomic E-state index is -1.88. The molecule has 0 saturated heterocycles. The maximum atomic E-state index is 12.4. The maximum Gasteiger partial charge on any atom is 0.317 e. The molecule has 0 spiro atoms. The van der Waals surface area contributed by atoms with Gasteiger partial charge in [-0.05, 0) is 44.5 Å². The Morgan fingerprint density at radius 1 is 1.19 bits per heavy atom. The first-order valence-corrected chi connectivity index (χ1v) is 10.9. The first-order chi connectivity index (χ1) is 9.69. The first-order valence-electron chi connectivity index (χ1n) is 7.51. The molecule has 0 bridgehead atoms. The van der Waals surface area contributed by atoms with Crippen molar-refractivity contribution in [2.24, 2.45) is 10.9 Å². The molecule has 1 aromatic rings. The van der Waals surface area contributed by atoms with E-state index in [1.165, 1.54) is 0 Å². The highest BCUT2D eigenvalue weighted by Gasteiger charge is 2.27. The Bertz CT molecular complexity index is 489. The van der Waals surface area contributed by atoms with Gasteiger partial charge in [-0.3, -0.25) is 9.79 Å². The Kier molecular flexibility index (Phi) is 6.34. The number of carbonyl (C=O) groups is 1. The molecule has 0 heterocycles. The number of aliphatic imine (C=N–C) groups is 1. The van der Waals surface area contributed by atoms with Crippen molar-refractivity contribution in [2.45, 2.75) is 52.9 Å². The second-order valence-electron chi connectivity index (χ2n) is 6.76. The van der Waals surface area contributed by atoms with Crippen molar-refractivity contribution in [3.05, 3.63) is 35.9 Å². The number of benzene rings is 1. The fourth-order valence-corrected chi connectivity index (χ4v) is 2.75. The summed E-state index contributed by atoms with van der Waals surface area (Å²) in [4.78, 5) is 17.0. The van der Waals surface area contributed by atoms with Gasteiger partial charge >= 0.3 is 5.97 Å². The fourth-order valence-electron chi connectivity index (χ4n) is 2.01. The molecule has 116 valence electrons. The predicted octanol–water partition coefficient (Wildman–Crippen LogP) is 4.29. The van der Waals surface area contributed by atoms with Crippen molar-refractivity contribution in [1.82, 2.24) is 0 Å². The highest BCUT2D eigenvalue weighted by Crippen LogP contribution is 2.15. The summed E-state index contributed by atoms with van der Waals surface area (Å²) in [6, 6.07) is 9.54. The molecule has 0 N–H and O–H groups in total. The highest BCUT2D eigenvalue weighted by atomic mass is 28.4. The second-order valence-corrected chi connectivity index (χ2v) is 11.2. The largest absolute Gasteiger partial charge is 0.518 e. The minimum Gasteiger partial charge on any atom is -0.518 e. The van der Waals surface area contributed by atoms with Gasteiger partial charge in [0, 0.05) is 5.71 Å². The van der Waals surface area contributed by atoms with E-state index in [9.17, 15) is 4.79 Å². The summed E-state index contributed by atoms with van der Waals surface area (Å²) >= 11 is 0. The molecule has 0 radical (unpaired) electrons. The molecule has 3 nitrogen and oxygen atoms in total. The number of rotatable bonds is 6. The van der Waals surface area contributed by atoms with Crippen molar-refractivity contribution >= 4 is 20.0 Å². The summed E-state index contributed by atoms with van der Waals surface area (Å²) in [6.07, 6.45) is 0.716. The summed E-state index contributed by atoms with van der Waals surface area (Å²) in [5.74, 6) is 0.217. The molecule has 0 aromatic heterocycles. The van der Waals surface area contributed by atoms with Crippen LogP contribution in [0.2, 0.25) is 19.6 Å². The van der Waals surface area contributed by atoms with Gasteiger partial charge in [0.25, 0.3) is 0 Å². The van der Waals surface area contributed by atoms with Crippen LogP contribution in [0, 0.1) is 5.92 Å². The summed E-state index contributed by atoms with van der Waals surface area (Å²) in [5.41, 5.74) is 1.93. The van der Waals surface area contributed by atoms with E-state index >= 15 is 0 Å². The third kappa shape index (κ3) is 6.71. The normalized spacial score (nSPS) is 14.1. The molecular weight excluding hydrogens is 278 g/mol. The van der Waals surface area contributed by atoms with E-state index in [0.29, 0.717) is 12.3 Å². The third-order valence-corrected chi connectivity index (χ3v) is 3.73. The zero-order chi connectivity index (χ0) is 16.0. The average molecular weight is 305 g/mol. The molecule has 0 aliphatic heterocycles. The Hall–Kier alpha value is -1.42. The number of carbonyl (C=O) groups excluding carboxylic acids is 1. The van der Waals surface area contributed by atoms with Crippen LogP contribution >= 0.6 is 0 Å². The van der Waals surface area contributed by atoms with Crippen LogP contribution in [0.5, 0.6) is 0 Å². The molecule has 4 heteroatoms. The van der Waals surface area contributed by atoms with Gasteiger partial charge in [0.2, 0.25) is 8.32 Å². The van der Waals surface area contributed by atoms with Crippen LogP contribution in [-0.4, -0.2) is 26.0 Å². The highest BCUT2D eigenvalue weighted by molar-refractivity contribution is 6.71. The van der Waals surface area contributed by atoms with Crippen molar-refractivity contribution in [3.8, 4) is 0 Å². The maximum absolute atomic E-state index is 12.4. The lowest BCUT2D eigenvalue weighted by molar-refractivity contribution is -0.136. The van der Waals surface area contributed by atoms with Crippen molar-refractivity contribution in [2.75, 3.05) is 0 Å². The molecule has 0 aliphatic carbocycles. The predicted molar refractivity (Wildman–Crippen MR) is 91.3 cm³/mol. The standard InChI is InChI=1S/C17H27NO2Si/c1-13(2)12-16(17(19)20-21(4,5)6)18-14(3)15-10-8-7-9-11-15/h7-11,13,16H,12H2,1-6H3. The first kappa shape index (κ1) is 17.6. The van der Waals surface area contributed by atoms with Crippen LogP contribution in [0.25, 0.3) is 0 Å². The van der Waals surface area contributed by atoms with E-state index in [1.807, 2.05) is 56.9 Å². The quantitative estimate of drug-likeness (QED) is 0.581. The van der Waals surface area contributed by atoms with Crippen LogP contribution in [-0.2, 0) is 9.22 Å². The van der Waals surface area contributed by atoms with Crippen LogP contribution in [0.4, 0.5) is 0 Å². The summed E-state index contributed by atoms with van der Waals surface area (Å²) in [6.45, 7) is 12.2. The SMILES string of the molecule is CC(=NC(CC(C)C)C(=O)O[Si](C)(C)C)c1ccccc1. The van der Waals surface area contributed by atoms with E-state index in [-0.39, 0.29) is 5.97 Å². The molecule has 1 atom stereocenters. The molecule has 0 amide bonds. The summed E-state index contributed by atoms with van der Waals surface area (Å²) in [7, 11) is -1.88. The van der Waals surface area contributed by atoms with Crippen LogP contribution in [0.1, 0.15) is 32.8 Å². The molecule has 0 fully saturated rings. The van der Waals surface area contributed by atoms with E-state index in [2.05, 4.69) is 18.8 Å². The molecular formula is C17H27NO2Si. The molecule has 1 rings (SSSR count). The zero-order valence-electron chi connectivity index (χ0n) is 14.0. The van der Waals surface area contributed by atoms with Crippen LogP contribution in [0.15, 0.2) is 35.3 Å². The average Bonchev–Trinajstić information content (AvgIpc) is 2.36. The van der Waals surface area contributed by atoms with E-state index < -0.39 is 14.4 Å². The number of hydrogen-bond donors (Lipinski definition) is 0. The summed E-state index contributed by atoms with van der Waals surface area (Å²) in [5, 5.41) is 0. The van der Waals surface area contributed by atoms with E-state index in [0.717, 1.165) is 11.3 Å². The van der Waals surface area contributed by atoms with Gasteiger partial charge in [0.05, 0.1) is 0 Å². The van der Waals surface area contributed by atoms with Gasteiger partial charge in [0.1, 0.15) is 6.04 Å². The van der Waals surface area contributed by atoms with Crippen LogP contribution in [0.3, 0.4) is 0 Å². The number of hydrogen-bond acceptors (Lipinski definition) is 3. The van der Waals surface area contributed by atoms with E-state index in [1.54, 1.807) is 0 Å². The van der Waals surface area contributed by atoms with Crippen molar-refractivity contribution < 1.29 is 9.22 Å². The lowest BCUT2D eigenvalue weighted by Crippen LogP contribution is -2.35. The van der Waals surface area contributed by atoms with Gasteiger partial charge in [-0.2, -0.15) is 0 Å². The Morgan fingerprint density at radius 2 is 1.76 bits per heavy atom. The molecule has 1 aromatic carbocycles. The summed E-state index contributed by atoms with van der Waals surface area (Å²) < 4.78 is 5.63. The minimum absolute atomic E-state index is 0.182. The zero-order valence-corrected chi connectivity index (χ0v) is 15.0. The second kappa shape index (κ2) is 7.55. The molecule has 1 unspecified atom stereocenters. The van der Waals surface area contributed by atoms with Gasteiger partial charge in [0.15, 0.2) is 0 Å². The van der Waals surface area contributed by atoms with Crippen molar-refractivity contribution in [3.63, 3.8) is 0 Å². The monoisotopic (exact) mass is 305 g/mol. The van der Waals surface area contributed by atoms with Gasteiger partial charge in [-0.15, -0.1) is 0 Å². The molecule has 0 saturated carbocycles. The Balaban J connectivity index is 2.95. The van der Waals surface area contributed by atoms with Crippen molar-refractivity contribution in [1.29, 1.82) is 0 Å². The Labute approximate surface area is 129 Å².